The third-order valence-corrected chi connectivity index (χ3v) is 3.37. The maximum Gasteiger partial charge on any atom is 0.134 e. The van der Waals surface area contributed by atoms with Crippen LogP contribution in [0, 0.1) is 0 Å². The summed E-state index contributed by atoms with van der Waals surface area (Å²) < 4.78 is 6.06. The molecule has 0 aliphatic rings. The number of H-pyrrole nitrogens is 1. The molecule has 4 nitrogen and oxygen atoms in total. The highest BCUT2D eigenvalue weighted by atomic mass is 79.9. The Morgan fingerprint density at radius 2 is 2.28 bits per heavy atom. The number of nitrogens with zero attached hydrogens (tertiary/aromatic N) is 1. The first-order valence-corrected chi connectivity index (χ1v) is 6.55. The summed E-state index contributed by atoms with van der Waals surface area (Å²) in [6.45, 7) is 0.650. The van der Waals surface area contributed by atoms with Crippen molar-refractivity contribution in [3.8, 4) is 17.0 Å². The summed E-state index contributed by atoms with van der Waals surface area (Å²) >= 11 is 9.60. The van der Waals surface area contributed by atoms with E-state index < -0.39 is 0 Å². The second kappa shape index (κ2) is 5.73. The fourth-order valence-electron chi connectivity index (χ4n) is 1.65. The lowest BCUT2D eigenvalue weighted by molar-refractivity contribution is 0.412. The lowest BCUT2D eigenvalue weighted by atomic mass is 10.1. The average molecular weight is 331 g/mol. The molecule has 18 heavy (non-hydrogen) atoms. The molecule has 0 aliphatic heterocycles. The van der Waals surface area contributed by atoms with E-state index in [0.717, 1.165) is 27.3 Å². The summed E-state index contributed by atoms with van der Waals surface area (Å²) in [5.41, 5.74) is 1.68. The number of methoxy groups -OCH3 is 1. The molecular formula is C12H13BrClN3O. The number of ether oxygens (including phenoxy) is 1. The minimum absolute atomic E-state index is 0.539. The van der Waals surface area contributed by atoms with E-state index in [4.69, 9.17) is 16.3 Å². The third-order valence-electron chi connectivity index (χ3n) is 2.48. The Kier molecular flexibility index (Phi) is 4.27. The topological polar surface area (TPSA) is 49.9 Å². The zero-order chi connectivity index (χ0) is 13.1. The van der Waals surface area contributed by atoms with E-state index in [1.165, 1.54) is 0 Å². The Hall–Kier alpha value is -1.04. The predicted octanol–water partition coefficient (Wildman–Crippen LogP) is 3.22. The van der Waals surface area contributed by atoms with Gasteiger partial charge in [0.25, 0.3) is 0 Å². The monoisotopic (exact) mass is 329 g/mol. The van der Waals surface area contributed by atoms with Crippen molar-refractivity contribution in [1.82, 2.24) is 15.3 Å². The van der Waals surface area contributed by atoms with Gasteiger partial charge in [-0.1, -0.05) is 11.6 Å². The van der Waals surface area contributed by atoms with Gasteiger partial charge in [-0.3, -0.25) is 0 Å². The fraction of sp³-hybridized carbons (Fsp3) is 0.250. The molecule has 6 heteroatoms. The van der Waals surface area contributed by atoms with Crippen molar-refractivity contribution in [1.29, 1.82) is 0 Å². The number of hydrogen-bond donors (Lipinski definition) is 2. The Labute approximate surface area is 119 Å². The van der Waals surface area contributed by atoms with Crippen molar-refractivity contribution in [3.63, 3.8) is 0 Å². The number of aromatic amines is 1. The van der Waals surface area contributed by atoms with E-state index >= 15 is 0 Å². The van der Waals surface area contributed by atoms with Crippen molar-refractivity contribution in [2.24, 2.45) is 0 Å². The van der Waals surface area contributed by atoms with Crippen molar-refractivity contribution in [2.45, 2.75) is 6.54 Å². The van der Waals surface area contributed by atoms with Gasteiger partial charge < -0.3 is 15.0 Å². The van der Waals surface area contributed by atoms with Crippen LogP contribution < -0.4 is 10.1 Å². The van der Waals surface area contributed by atoms with E-state index in [-0.39, 0.29) is 0 Å². The third kappa shape index (κ3) is 2.68. The van der Waals surface area contributed by atoms with Crippen LogP contribution in [0.2, 0.25) is 5.15 Å². The van der Waals surface area contributed by atoms with Crippen molar-refractivity contribution in [3.05, 3.63) is 33.6 Å². The highest BCUT2D eigenvalue weighted by Crippen LogP contribution is 2.32. The van der Waals surface area contributed by atoms with E-state index in [1.54, 1.807) is 7.11 Å². The van der Waals surface area contributed by atoms with Crippen LogP contribution in [0.25, 0.3) is 11.3 Å². The molecule has 1 aromatic heterocycles. The van der Waals surface area contributed by atoms with E-state index in [2.05, 4.69) is 31.2 Å². The number of rotatable bonds is 4. The molecule has 0 aliphatic carbocycles. The van der Waals surface area contributed by atoms with Crippen LogP contribution in [0.4, 0.5) is 0 Å². The lowest BCUT2D eigenvalue weighted by Crippen LogP contribution is -2.06. The molecule has 0 saturated heterocycles. The summed E-state index contributed by atoms with van der Waals surface area (Å²) in [5, 5.41) is 3.56. The summed E-state index contributed by atoms with van der Waals surface area (Å²) in [4.78, 5) is 7.49. The summed E-state index contributed by atoms with van der Waals surface area (Å²) in [5.74, 6) is 1.59. The molecule has 0 saturated carbocycles. The molecule has 0 fully saturated rings. The molecule has 2 N–H and O–H groups in total. The molecule has 1 aromatic carbocycles. The van der Waals surface area contributed by atoms with Crippen molar-refractivity contribution >= 4 is 27.5 Å². The number of hydrogen-bond acceptors (Lipinski definition) is 3. The Bertz CT molecular complexity index is 556. The van der Waals surface area contributed by atoms with Crippen LogP contribution in [0.5, 0.6) is 5.75 Å². The second-order valence-corrected chi connectivity index (χ2v) is 4.96. The first-order chi connectivity index (χ1) is 8.65. The fourth-order valence-corrected chi connectivity index (χ4v) is 2.46. The van der Waals surface area contributed by atoms with Crippen LogP contribution >= 0.6 is 27.5 Å². The van der Waals surface area contributed by atoms with Crippen LogP contribution in [-0.2, 0) is 6.54 Å². The highest BCUT2D eigenvalue weighted by Gasteiger charge is 2.11. The van der Waals surface area contributed by atoms with Gasteiger partial charge in [0.05, 0.1) is 18.1 Å². The molecule has 0 spiro atoms. The molecular weight excluding hydrogens is 318 g/mol. The van der Waals surface area contributed by atoms with Gasteiger partial charge in [-0.25, -0.2) is 4.98 Å². The SMILES string of the molecule is CNCc1nc(-c2ccc(OC)c(Br)c2)c(Cl)[nH]1. The van der Waals surface area contributed by atoms with Crippen LogP contribution in [0.3, 0.4) is 0 Å². The minimum atomic E-state index is 0.539. The lowest BCUT2D eigenvalue weighted by Gasteiger charge is -2.04. The largest absolute Gasteiger partial charge is 0.496 e. The smallest absolute Gasteiger partial charge is 0.134 e. The van der Waals surface area contributed by atoms with Gasteiger partial charge in [-0.2, -0.15) is 0 Å². The zero-order valence-electron chi connectivity index (χ0n) is 10.1. The first kappa shape index (κ1) is 13.4. The number of aromatic nitrogens is 2. The standard InChI is InChI=1S/C12H13BrClN3O/c1-15-6-10-16-11(12(14)17-10)7-3-4-9(18-2)8(13)5-7/h3-5,15H,6H2,1-2H3,(H,16,17). The van der Waals surface area contributed by atoms with Gasteiger partial charge in [-0.05, 0) is 41.2 Å². The minimum Gasteiger partial charge on any atom is -0.496 e. The van der Waals surface area contributed by atoms with Gasteiger partial charge in [0, 0.05) is 5.56 Å². The maximum absolute atomic E-state index is 6.15. The van der Waals surface area contributed by atoms with Gasteiger partial charge in [-0.15, -0.1) is 0 Å². The number of imidazole rings is 1. The average Bonchev–Trinajstić information content (AvgIpc) is 2.71. The Balaban J connectivity index is 2.39. The number of halogens is 2. The quantitative estimate of drug-likeness (QED) is 0.905. The highest BCUT2D eigenvalue weighted by molar-refractivity contribution is 9.10. The van der Waals surface area contributed by atoms with E-state index in [9.17, 15) is 0 Å². The summed E-state index contributed by atoms with van der Waals surface area (Å²) in [6.07, 6.45) is 0. The molecule has 2 rings (SSSR count). The summed E-state index contributed by atoms with van der Waals surface area (Å²) in [7, 11) is 3.49. The molecule has 1 heterocycles. The van der Waals surface area contributed by atoms with Crippen molar-refractivity contribution in [2.75, 3.05) is 14.2 Å². The van der Waals surface area contributed by atoms with Gasteiger partial charge >= 0.3 is 0 Å². The molecule has 0 bridgehead atoms. The Morgan fingerprint density at radius 3 is 2.89 bits per heavy atom. The normalized spacial score (nSPS) is 10.7. The van der Waals surface area contributed by atoms with Gasteiger partial charge in [0.1, 0.15) is 22.4 Å². The molecule has 0 amide bonds. The van der Waals surface area contributed by atoms with Crippen LogP contribution in [-0.4, -0.2) is 24.1 Å². The van der Waals surface area contributed by atoms with Gasteiger partial charge in [0.2, 0.25) is 0 Å². The first-order valence-electron chi connectivity index (χ1n) is 5.38. The van der Waals surface area contributed by atoms with Crippen LogP contribution in [0.1, 0.15) is 5.82 Å². The summed E-state index contributed by atoms with van der Waals surface area (Å²) in [6, 6.07) is 5.74. The van der Waals surface area contributed by atoms with E-state index in [0.29, 0.717) is 11.7 Å². The van der Waals surface area contributed by atoms with E-state index in [1.807, 2.05) is 25.2 Å². The molecule has 96 valence electrons. The molecule has 0 atom stereocenters. The molecule has 0 radical (unpaired) electrons. The second-order valence-electron chi connectivity index (χ2n) is 3.73. The maximum atomic E-state index is 6.15. The van der Waals surface area contributed by atoms with Crippen LogP contribution in [0.15, 0.2) is 22.7 Å². The number of benzene rings is 1. The zero-order valence-corrected chi connectivity index (χ0v) is 12.4. The van der Waals surface area contributed by atoms with Gasteiger partial charge in [0.15, 0.2) is 0 Å². The predicted molar refractivity (Wildman–Crippen MR) is 76.0 cm³/mol. The Morgan fingerprint density at radius 1 is 1.50 bits per heavy atom. The van der Waals surface area contributed by atoms with Crippen molar-refractivity contribution < 1.29 is 4.74 Å². The number of nitrogens with one attached hydrogen (secondary N) is 2. The molecule has 2 aromatic rings. The molecule has 0 unspecified atom stereocenters.